The number of alkyl carbamates (subject to hydrolysis) is 1. The highest BCUT2D eigenvalue weighted by molar-refractivity contribution is 7.16. The van der Waals surface area contributed by atoms with Gasteiger partial charge >= 0.3 is 6.09 Å². The topological polar surface area (TPSA) is 108 Å². The molecule has 0 unspecified atom stereocenters. The maximum absolute atomic E-state index is 12.4. The van der Waals surface area contributed by atoms with Gasteiger partial charge in [0.2, 0.25) is 0 Å². The third kappa shape index (κ3) is 4.02. The van der Waals surface area contributed by atoms with Crippen molar-refractivity contribution < 1.29 is 19.1 Å². The Hall–Kier alpha value is -3.18. The van der Waals surface area contributed by atoms with E-state index in [1.54, 1.807) is 6.92 Å². The molecule has 0 saturated carbocycles. The number of hydrogen-bond acceptors (Lipinski definition) is 6. The van der Waals surface area contributed by atoms with Gasteiger partial charge < -0.3 is 10.1 Å². The standard InChI is InChI=1S/C17H15N3O4S/c1-9-10(2)25-16(13(9)15(22)20-17(23)24-3)19-14(21)12-6-4-11(8-18)5-7-12/h4-7H,1-3H3,(H,19,21)(H,20,22,23). The van der Waals surface area contributed by atoms with Crippen LogP contribution < -0.4 is 10.6 Å². The number of imide groups is 1. The van der Waals surface area contributed by atoms with Crippen LogP contribution in [-0.2, 0) is 4.74 Å². The molecule has 2 N–H and O–H groups in total. The summed E-state index contributed by atoms with van der Waals surface area (Å²) >= 11 is 1.24. The van der Waals surface area contributed by atoms with Crippen LogP contribution in [-0.4, -0.2) is 25.0 Å². The van der Waals surface area contributed by atoms with Crippen molar-refractivity contribution in [2.24, 2.45) is 0 Å². The Labute approximate surface area is 148 Å². The van der Waals surface area contributed by atoms with Crippen molar-refractivity contribution in [2.75, 3.05) is 12.4 Å². The van der Waals surface area contributed by atoms with Crippen molar-refractivity contribution in [2.45, 2.75) is 13.8 Å². The molecule has 1 heterocycles. The number of nitriles is 1. The van der Waals surface area contributed by atoms with Crippen LogP contribution in [0.3, 0.4) is 0 Å². The molecule has 0 fully saturated rings. The van der Waals surface area contributed by atoms with Crippen LogP contribution in [0.2, 0.25) is 0 Å². The molecule has 2 aromatic rings. The van der Waals surface area contributed by atoms with Crippen LogP contribution in [0, 0.1) is 25.2 Å². The predicted octanol–water partition coefficient (Wildman–Crippen LogP) is 2.99. The molecule has 8 heteroatoms. The maximum Gasteiger partial charge on any atom is 0.413 e. The summed E-state index contributed by atoms with van der Waals surface area (Å²) in [5.41, 5.74) is 1.68. The highest BCUT2D eigenvalue weighted by Gasteiger charge is 2.23. The van der Waals surface area contributed by atoms with Crippen molar-refractivity contribution in [3.63, 3.8) is 0 Å². The molecule has 1 aromatic heterocycles. The van der Waals surface area contributed by atoms with E-state index in [-0.39, 0.29) is 5.56 Å². The van der Waals surface area contributed by atoms with Crippen LogP contribution in [0.15, 0.2) is 24.3 Å². The summed E-state index contributed by atoms with van der Waals surface area (Å²) < 4.78 is 4.42. The number of thiophene rings is 1. The van der Waals surface area contributed by atoms with Crippen LogP contribution in [0.1, 0.15) is 36.7 Å². The van der Waals surface area contributed by atoms with Crippen LogP contribution in [0.25, 0.3) is 0 Å². The number of amides is 3. The Bertz CT molecular complexity index is 879. The summed E-state index contributed by atoms with van der Waals surface area (Å²) in [4.78, 5) is 36.8. The first-order valence-corrected chi connectivity index (χ1v) is 7.99. The minimum atomic E-state index is -0.877. The summed E-state index contributed by atoms with van der Waals surface area (Å²) in [6, 6.07) is 8.09. The van der Waals surface area contributed by atoms with Crippen molar-refractivity contribution in [1.82, 2.24) is 5.32 Å². The molecule has 0 aliphatic carbocycles. The number of nitrogens with one attached hydrogen (secondary N) is 2. The van der Waals surface area contributed by atoms with Gasteiger partial charge in [0.1, 0.15) is 5.00 Å². The normalized spacial score (nSPS) is 9.84. The molecular weight excluding hydrogens is 342 g/mol. The van der Waals surface area contributed by atoms with Gasteiger partial charge in [-0.25, -0.2) is 4.79 Å². The molecule has 0 atom stereocenters. The molecule has 25 heavy (non-hydrogen) atoms. The lowest BCUT2D eigenvalue weighted by Crippen LogP contribution is -2.31. The van der Waals surface area contributed by atoms with E-state index in [1.165, 1.54) is 35.6 Å². The van der Waals surface area contributed by atoms with Crippen molar-refractivity contribution in [1.29, 1.82) is 5.26 Å². The molecule has 0 saturated heterocycles. The molecule has 2 rings (SSSR count). The number of anilines is 1. The molecular formula is C17H15N3O4S. The fourth-order valence-corrected chi connectivity index (χ4v) is 3.12. The first-order chi connectivity index (χ1) is 11.9. The molecule has 0 bridgehead atoms. The second-order valence-corrected chi connectivity index (χ2v) is 6.30. The number of benzene rings is 1. The van der Waals surface area contributed by atoms with Gasteiger partial charge in [-0.1, -0.05) is 0 Å². The number of carbonyl (C=O) groups is 3. The Morgan fingerprint density at radius 1 is 1.12 bits per heavy atom. The Morgan fingerprint density at radius 2 is 1.76 bits per heavy atom. The Morgan fingerprint density at radius 3 is 2.32 bits per heavy atom. The van der Waals surface area contributed by atoms with Gasteiger partial charge in [0.25, 0.3) is 11.8 Å². The van der Waals surface area contributed by atoms with E-state index in [2.05, 4.69) is 15.4 Å². The maximum atomic E-state index is 12.4. The lowest BCUT2D eigenvalue weighted by Gasteiger charge is -2.07. The highest BCUT2D eigenvalue weighted by Crippen LogP contribution is 2.32. The van der Waals surface area contributed by atoms with Gasteiger partial charge in [0.05, 0.1) is 24.3 Å². The molecule has 3 amide bonds. The van der Waals surface area contributed by atoms with Gasteiger partial charge in [0, 0.05) is 10.4 Å². The summed E-state index contributed by atoms with van der Waals surface area (Å²) in [7, 11) is 1.15. The van der Waals surface area contributed by atoms with E-state index in [9.17, 15) is 14.4 Å². The molecule has 128 valence electrons. The summed E-state index contributed by atoms with van der Waals surface area (Å²) in [5.74, 6) is -1.07. The number of carbonyl (C=O) groups excluding carboxylic acids is 3. The lowest BCUT2D eigenvalue weighted by molar-refractivity contribution is 0.0937. The third-order valence-corrected chi connectivity index (χ3v) is 4.64. The minimum absolute atomic E-state index is 0.217. The fourth-order valence-electron chi connectivity index (χ4n) is 2.07. The monoisotopic (exact) mass is 357 g/mol. The van der Waals surface area contributed by atoms with E-state index in [4.69, 9.17) is 5.26 Å². The van der Waals surface area contributed by atoms with E-state index in [0.29, 0.717) is 21.7 Å². The smallest absolute Gasteiger partial charge is 0.413 e. The molecule has 0 aliphatic heterocycles. The number of aryl methyl sites for hydroxylation is 1. The van der Waals surface area contributed by atoms with Crippen molar-refractivity contribution in [3.8, 4) is 6.07 Å². The van der Waals surface area contributed by atoms with E-state index < -0.39 is 17.9 Å². The number of hydrogen-bond donors (Lipinski definition) is 2. The first kappa shape index (κ1) is 18.2. The second-order valence-electron chi connectivity index (χ2n) is 5.08. The second kappa shape index (κ2) is 7.59. The molecule has 0 spiro atoms. The zero-order chi connectivity index (χ0) is 18.6. The quantitative estimate of drug-likeness (QED) is 0.878. The molecule has 1 aromatic carbocycles. The highest BCUT2D eigenvalue weighted by atomic mass is 32.1. The average molecular weight is 357 g/mol. The molecule has 0 aliphatic rings. The Kier molecular flexibility index (Phi) is 5.52. The van der Waals surface area contributed by atoms with Gasteiger partial charge in [-0.15, -0.1) is 11.3 Å². The molecule has 0 radical (unpaired) electrons. The van der Waals surface area contributed by atoms with Crippen LogP contribution >= 0.6 is 11.3 Å². The zero-order valence-electron chi connectivity index (χ0n) is 13.8. The van der Waals surface area contributed by atoms with Gasteiger partial charge in [0.15, 0.2) is 0 Å². The van der Waals surface area contributed by atoms with Crippen LogP contribution in [0.4, 0.5) is 9.80 Å². The average Bonchev–Trinajstić information content (AvgIpc) is 2.88. The molecule has 7 nitrogen and oxygen atoms in total. The largest absolute Gasteiger partial charge is 0.453 e. The van der Waals surface area contributed by atoms with E-state index in [1.807, 2.05) is 13.0 Å². The van der Waals surface area contributed by atoms with Crippen LogP contribution in [0.5, 0.6) is 0 Å². The fraction of sp³-hybridized carbons (Fsp3) is 0.176. The summed E-state index contributed by atoms with van der Waals surface area (Å²) in [6.07, 6.45) is -0.877. The zero-order valence-corrected chi connectivity index (χ0v) is 14.6. The third-order valence-electron chi connectivity index (χ3n) is 3.52. The van der Waals surface area contributed by atoms with Crippen molar-refractivity contribution >= 4 is 34.2 Å². The number of nitrogens with zero attached hydrogens (tertiary/aromatic N) is 1. The number of methoxy groups -OCH3 is 1. The summed E-state index contributed by atoms with van der Waals surface area (Å²) in [6.45, 7) is 3.54. The number of ether oxygens (including phenoxy) is 1. The van der Waals surface area contributed by atoms with Gasteiger partial charge in [-0.2, -0.15) is 5.26 Å². The predicted molar refractivity (Wildman–Crippen MR) is 92.8 cm³/mol. The van der Waals surface area contributed by atoms with Crippen molar-refractivity contribution in [3.05, 3.63) is 51.4 Å². The van der Waals surface area contributed by atoms with Gasteiger partial charge in [-0.3, -0.25) is 14.9 Å². The van der Waals surface area contributed by atoms with E-state index in [0.717, 1.165) is 12.0 Å². The summed E-state index contributed by atoms with van der Waals surface area (Å²) in [5, 5.41) is 13.9. The minimum Gasteiger partial charge on any atom is -0.453 e. The number of rotatable bonds is 3. The van der Waals surface area contributed by atoms with E-state index >= 15 is 0 Å². The lowest BCUT2D eigenvalue weighted by atomic mass is 10.1. The Balaban J connectivity index is 2.28. The SMILES string of the molecule is COC(=O)NC(=O)c1c(NC(=O)c2ccc(C#N)cc2)sc(C)c1C. The first-order valence-electron chi connectivity index (χ1n) is 7.18. The van der Waals surface area contributed by atoms with Gasteiger partial charge in [-0.05, 0) is 43.7 Å².